The van der Waals surface area contributed by atoms with Crippen LogP contribution in [0.15, 0.2) is 47.4 Å². The first kappa shape index (κ1) is 19.0. The number of ether oxygens (including phenoxy) is 1. The molecule has 2 aromatic carbocycles. The largest absolute Gasteiger partial charge is 0.452 e. The molecule has 4 nitrogen and oxygen atoms in total. The Morgan fingerprint density at radius 2 is 1.88 bits per heavy atom. The summed E-state index contributed by atoms with van der Waals surface area (Å²) in [6, 6.07) is 11.8. The molecule has 0 radical (unpaired) electrons. The highest BCUT2D eigenvalue weighted by molar-refractivity contribution is 8.00. The fraction of sp³-hybridized carbons (Fsp3) is 0.263. The van der Waals surface area contributed by atoms with Gasteiger partial charge in [0.25, 0.3) is 5.91 Å². The number of hydrogen-bond acceptors (Lipinski definition) is 4. The van der Waals surface area contributed by atoms with E-state index in [0.29, 0.717) is 0 Å². The zero-order chi connectivity index (χ0) is 18.4. The normalized spacial score (nSPS) is 11.7. The number of anilines is 1. The van der Waals surface area contributed by atoms with Gasteiger partial charge in [-0.3, -0.25) is 9.59 Å². The van der Waals surface area contributed by atoms with Crippen LogP contribution in [-0.2, 0) is 14.3 Å². The van der Waals surface area contributed by atoms with Gasteiger partial charge in [0.1, 0.15) is 5.82 Å². The van der Waals surface area contributed by atoms with Crippen molar-refractivity contribution in [3.63, 3.8) is 0 Å². The summed E-state index contributed by atoms with van der Waals surface area (Å²) in [6.45, 7) is 5.48. The molecular weight excluding hydrogens is 341 g/mol. The van der Waals surface area contributed by atoms with E-state index < -0.39 is 23.8 Å². The Morgan fingerprint density at radius 3 is 2.56 bits per heavy atom. The second kappa shape index (κ2) is 8.67. The lowest BCUT2D eigenvalue weighted by atomic mass is 10.1. The Morgan fingerprint density at radius 1 is 1.16 bits per heavy atom. The van der Waals surface area contributed by atoms with Crippen molar-refractivity contribution in [1.29, 1.82) is 0 Å². The summed E-state index contributed by atoms with van der Waals surface area (Å²) in [4.78, 5) is 24.9. The fourth-order valence-electron chi connectivity index (χ4n) is 2.03. The lowest BCUT2D eigenvalue weighted by molar-refractivity contribution is -0.150. The van der Waals surface area contributed by atoms with E-state index in [2.05, 4.69) is 5.32 Å². The molecule has 1 amide bonds. The Hall–Kier alpha value is -2.34. The minimum atomic E-state index is -1.01. The average molecular weight is 361 g/mol. The quantitative estimate of drug-likeness (QED) is 0.622. The van der Waals surface area contributed by atoms with Gasteiger partial charge >= 0.3 is 5.97 Å². The molecule has 0 saturated heterocycles. The summed E-state index contributed by atoms with van der Waals surface area (Å²) in [5.74, 6) is -1.52. The molecule has 0 unspecified atom stereocenters. The number of amides is 1. The lowest BCUT2D eigenvalue weighted by Crippen LogP contribution is -2.30. The highest BCUT2D eigenvalue weighted by Crippen LogP contribution is 2.21. The second-order valence-electron chi connectivity index (χ2n) is 5.64. The standard InChI is InChI=1S/C19H20FNO3S/c1-12-8-9-15(10-13(12)2)25-11-18(22)24-14(3)19(23)21-17-7-5-4-6-16(17)20/h4-10,14H,11H2,1-3H3,(H,21,23)/t14-/m1/s1. The van der Waals surface area contributed by atoms with E-state index in [4.69, 9.17) is 4.74 Å². The third kappa shape index (κ3) is 5.60. The summed E-state index contributed by atoms with van der Waals surface area (Å²) in [7, 11) is 0. The molecular formula is C19H20FNO3S. The minimum absolute atomic E-state index is 0.0555. The van der Waals surface area contributed by atoms with Crippen LogP contribution >= 0.6 is 11.8 Å². The zero-order valence-electron chi connectivity index (χ0n) is 14.3. The van der Waals surface area contributed by atoms with Gasteiger partial charge in [-0.05, 0) is 56.2 Å². The van der Waals surface area contributed by atoms with E-state index in [1.54, 1.807) is 6.07 Å². The van der Waals surface area contributed by atoms with Crippen LogP contribution in [0.25, 0.3) is 0 Å². The Kier molecular flexibility index (Phi) is 6.58. The highest BCUT2D eigenvalue weighted by atomic mass is 32.2. The van der Waals surface area contributed by atoms with Crippen molar-refractivity contribution >= 4 is 29.3 Å². The molecule has 132 valence electrons. The summed E-state index contributed by atoms with van der Waals surface area (Å²) in [6.07, 6.45) is -1.01. The number of carbonyl (C=O) groups is 2. The first-order valence-electron chi connectivity index (χ1n) is 7.81. The predicted molar refractivity (Wildman–Crippen MR) is 97.2 cm³/mol. The van der Waals surface area contributed by atoms with E-state index in [9.17, 15) is 14.0 Å². The van der Waals surface area contributed by atoms with Crippen molar-refractivity contribution < 1.29 is 18.7 Å². The van der Waals surface area contributed by atoms with Gasteiger partial charge in [0.15, 0.2) is 6.10 Å². The smallest absolute Gasteiger partial charge is 0.317 e. The molecule has 1 N–H and O–H groups in total. The van der Waals surface area contributed by atoms with Crippen molar-refractivity contribution in [2.45, 2.75) is 31.8 Å². The van der Waals surface area contributed by atoms with E-state index in [-0.39, 0.29) is 11.4 Å². The number of para-hydroxylation sites is 1. The van der Waals surface area contributed by atoms with Crippen LogP contribution in [0.4, 0.5) is 10.1 Å². The number of aryl methyl sites for hydroxylation is 2. The van der Waals surface area contributed by atoms with Crippen molar-refractivity contribution in [2.75, 3.05) is 11.1 Å². The third-order valence-corrected chi connectivity index (χ3v) is 4.61. The van der Waals surface area contributed by atoms with Gasteiger partial charge in [-0.25, -0.2) is 4.39 Å². The molecule has 1 atom stereocenters. The summed E-state index contributed by atoms with van der Waals surface area (Å²) < 4.78 is 18.6. The number of halogens is 1. The SMILES string of the molecule is Cc1ccc(SCC(=O)O[C@H](C)C(=O)Nc2ccccc2F)cc1C. The molecule has 0 aliphatic carbocycles. The first-order chi connectivity index (χ1) is 11.9. The van der Waals surface area contributed by atoms with Crippen LogP contribution in [0.3, 0.4) is 0 Å². The maximum atomic E-state index is 13.5. The van der Waals surface area contributed by atoms with Gasteiger partial charge in [0.2, 0.25) is 0 Å². The van der Waals surface area contributed by atoms with Crippen LogP contribution in [0.2, 0.25) is 0 Å². The maximum Gasteiger partial charge on any atom is 0.317 e. The average Bonchev–Trinajstić information content (AvgIpc) is 2.58. The molecule has 0 aliphatic heterocycles. The first-order valence-corrected chi connectivity index (χ1v) is 8.80. The molecule has 0 aliphatic rings. The number of rotatable bonds is 6. The number of thioether (sulfide) groups is 1. The maximum absolute atomic E-state index is 13.5. The van der Waals surface area contributed by atoms with Gasteiger partial charge < -0.3 is 10.1 Å². The van der Waals surface area contributed by atoms with Crippen LogP contribution in [0, 0.1) is 19.7 Å². The Bertz CT molecular complexity index is 779. The molecule has 0 bridgehead atoms. The van der Waals surface area contributed by atoms with E-state index in [1.165, 1.54) is 42.4 Å². The Labute approximate surface area is 150 Å². The van der Waals surface area contributed by atoms with E-state index in [0.717, 1.165) is 10.5 Å². The van der Waals surface area contributed by atoms with Gasteiger partial charge in [-0.15, -0.1) is 11.8 Å². The van der Waals surface area contributed by atoms with Gasteiger partial charge in [-0.1, -0.05) is 18.2 Å². The number of nitrogens with one attached hydrogen (secondary N) is 1. The van der Waals surface area contributed by atoms with Crippen molar-refractivity contribution in [3.05, 3.63) is 59.4 Å². The number of benzene rings is 2. The predicted octanol–water partition coefficient (Wildman–Crippen LogP) is 4.11. The van der Waals surface area contributed by atoms with Gasteiger partial charge in [-0.2, -0.15) is 0 Å². The fourth-order valence-corrected chi connectivity index (χ4v) is 2.80. The number of hydrogen-bond donors (Lipinski definition) is 1. The van der Waals surface area contributed by atoms with Crippen LogP contribution < -0.4 is 5.32 Å². The molecule has 2 rings (SSSR count). The molecule has 2 aromatic rings. The van der Waals surface area contributed by atoms with Crippen LogP contribution in [0.5, 0.6) is 0 Å². The molecule has 0 fully saturated rings. The van der Waals surface area contributed by atoms with Crippen LogP contribution in [0.1, 0.15) is 18.1 Å². The topological polar surface area (TPSA) is 55.4 Å². The number of esters is 1. The van der Waals surface area contributed by atoms with E-state index in [1.807, 2.05) is 32.0 Å². The lowest BCUT2D eigenvalue weighted by Gasteiger charge is -2.14. The molecule has 0 saturated carbocycles. The summed E-state index contributed by atoms with van der Waals surface area (Å²) >= 11 is 1.35. The minimum Gasteiger partial charge on any atom is -0.452 e. The molecule has 0 aromatic heterocycles. The van der Waals surface area contributed by atoms with E-state index >= 15 is 0 Å². The molecule has 25 heavy (non-hydrogen) atoms. The molecule has 0 spiro atoms. The second-order valence-corrected chi connectivity index (χ2v) is 6.68. The monoisotopic (exact) mass is 361 g/mol. The summed E-state index contributed by atoms with van der Waals surface area (Å²) in [5.41, 5.74) is 2.39. The third-order valence-electron chi connectivity index (χ3n) is 3.64. The van der Waals surface area contributed by atoms with Crippen LogP contribution in [-0.4, -0.2) is 23.7 Å². The van der Waals surface area contributed by atoms with Crippen molar-refractivity contribution in [1.82, 2.24) is 0 Å². The van der Waals surface area contributed by atoms with Gasteiger partial charge in [0, 0.05) is 4.90 Å². The molecule has 0 heterocycles. The van der Waals surface area contributed by atoms with Crippen molar-refractivity contribution in [3.8, 4) is 0 Å². The van der Waals surface area contributed by atoms with Crippen molar-refractivity contribution in [2.24, 2.45) is 0 Å². The molecule has 6 heteroatoms. The Balaban J connectivity index is 1.83. The highest BCUT2D eigenvalue weighted by Gasteiger charge is 2.19. The summed E-state index contributed by atoms with van der Waals surface area (Å²) in [5, 5.41) is 2.40. The number of carbonyl (C=O) groups excluding carboxylic acids is 2. The van der Waals surface area contributed by atoms with Gasteiger partial charge in [0.05, 0.1) is 11.4 Å². The zero-order valence-corrected chi connectivity index (χ0v) is 15.2.